The molecule has 0 heterocycles. The molecule has 74 valence electrons. The molecule has 0 fully saturated rings. The fourth-order valence-electron chi connectivity index (χ4n) is 0.421. The van der Waals surface area contributed by atoms with Crippen molar-refractivity contribution in [3.63, 3.8) is 0 Å². The first-order chi connectivity index (χ1) is 4.96. The largest absolute Gasteiger partial charge is 0.450 e. The van der Waals surface area contributed by atoms with Crippen LogP contribution in [-0.2, 0) is 22.7 Å². The maximum Gasteiger partial charge on any atom is 0.450 e. The van der Waals surface area contributed by atoms with Crippen LogP contribution in [0, 0.1) is 0 Å². The van der Waals surface area contributed by atoms with Crippen molar-refractivity contribution < 1.29 is 19.6 Å². The average molecular weight is 251 g/mol. The van der Waals surface area contributed by atoms with Crippen LogP contribution in [-0.4, -0.2) is 24.3 Å². The summed E-state index contributed by atoms with van der Waals surface area (Å²) in [5.41, 5.74) is 0. The van der Waals surface area contributed by atoms with Crippen LogP contribution < -0.4 is 0 Å². The molecule has 8 heteroatoms. The SMILES string of the molecule is CC(C)(C)[S+]=P(O)(O)P(O)(O)=S. The highest BCUT2D eigenvalue weighted by molar-refractivity contribution is 8.62. The fraction of sp³-hybridized carbons (Fsp3) is 1.00. The third-order valence-electron chi connectivity index (χ3n) is 0.736. The topological polar surface area (TPSA) is 80.9 Å². The van der Waals surface area contributed by atoms with Crippen molar-refractivity contribution >= 4 is 35.1 Å². The quantitative estimate of drug-likeness (QED) is 0.410. The van der Waals surface area contributed by atoms with Gasteiger partial charge in [0, 0.05) is 0 Å². The van der Waals surface area contributed by atoms with Crippen LogP contribution in [0.2, 0.25) is 0 Å². The van der Waals surface area contributed by atoms with Gasteiger partial charge in [0.1, 0.15) is 0 Å². The van der Waals surface area contributed by atoms with E-state index >= 15 is 0 Å². The number of hydrogen-bond donors (Lipinski definition) is 4. The lowest BCUT2D eigenvalue weighted by molar-refractivity contribution is 0.452. The molecule has 0 spiro atoms. The molecule has 0 unspecified atom stereocenters. The predicted molar refractivity (Wildman–Crippen MR) is 57.2 cm³/mol. The van der Waals surface area contributed by atoms with E-state index in [1.165, 1.54) is 0 Å². The molecular weight excluding hydrogens is 238 g/mol. The summed E-state index contributed by atoms with van der Waals surface area (Å²) in [4.78, 5) is 36.4. The lowest BCUT2D eigenvalue weighted by Crippen LogP contribution is -2.11. The zero-order valence-electron chi connectivity index (χ0n) is 7.00. The molecule has 0 rings (SSSR count). The highest BCUT2D eigenvalue weighted by Gasteiger charge is 2.44. The minimum Gasteiger partial charge on any atom is -0.336 e. The normalized spacial score (nSPS) is 14.6. The molecule has 0 bridgehead atoms. The van der Waals surface area contributed by atoms with E-state index in [1.54, 1.807) is 20.8 Å². The van der Waals surface area contributed by atoms with Crippen molar-refractivity contribution in [1.29, 1.82) is 0 Å². The summed E-state index contributed by atoms with van der Waals surface area (Å²) in [5, 5.41) is 0. The molecular formula is C4H13O4P2S2+. The standard InChI is InChI=1S/C4H12O4P2S2/c1-4(2,3)12-10(7,8)9(5,6)11/h1-3H3,(H3-,5,6,7,8,11)/p+1. The van der Waals surface area contributed by atoms with Crippen LogP contribution >= 0.6 is 12.4 Å². The van der Waals surface area contributed by atoms with Gasteiger partial charge in [0.05, 0.1) is 0 Å². The molecule has 12 heavy (non-hydrogen) atoms. The van der Waals surface area contributed by atoms with Crippen LogP contribution in [0.4, 0.5) is 0 Å². The van der Waals surface area contributed by atoms with Gasteiger partial charge in [0.25, 0.3) is 0 Å². The van der Waals surface area contributed by atoms with Crippen molar-refractivity contribution in [3.8, 4) is 0 Å². The van der Waals surface area contributed by atoms with E-state index in [2.05, 4.69) is 11.8 Å². The first-order valence-corrected chi connectivity index (χ1v) is 9.60. The summed E-state index contributed by atoms with van der Waals surface area (Å²) in [6, 6.07) is 0. The Morgan fingerprint density at radius 1 is 1.08 bits per heavy atom. The van der Waals surface area contributed by atoms with E-state index in [4.69, 9.17) is 9.79 Å². The molecule has 0 aliphatic rings. The highest BCUT2D eigenvalue weighted by atomic mass is 32.8. The van der Waals surface area contributed by atoms with Gasteiger partial charge in [-0.05, 0) is 32.6 Å². The second kappa shape index (κ2) is 3.71. The lowest BCUT2D eigenvalue weighted by Gasteiger charge is -2.09. The summed E-state index contributed by atoms with van der Waals surface area (Å²) in [6.07, 6.45) is -7.74. The maximum absolute atomic E-state index is 9.26. The van der Waals surface area contributed by atoms with Gasteiger partial charge in [-0.1, -0.05) is 0 Å². The summed E-state index contributed by atoms with van der Waals surface area (Å²) >= 11 is 4.24. The monoisotopic (exact) mass is 251 g/mol. The minimum absolute atomic E-state index is 0.452. The van der Waals surface area contributed by atoms with E-state index in [-0.39, 0.29) is 0 Å². The van der Waals surface area contributed by atoms with Crippen molar-refractivity contribution in [2.24, 2.45) is 0 Å². The van der Waals surface area contributed by atoms with Gasteiger partial charge in [-0.25, -0.2) is 0 Å². The summed E-state index contributed by atoms with van der Waals surface area (Å²) < 4.78 is -0.452. The smallest absolute Gasteiger partial charge is 0.336 e. The van der Waals surface area contributed by atoms with Gasteiger partial charge in [-0.15, -0.1) is 0 Å². The molecule has 0 atom stereocenters. The lowest BCUT2D eigenvalue weighted by atomic mass is 10.3. The molecule has 0 aliphatic heterocycles. The summed E-state index contributed by atoms with van der Waals surface area (Å²) in [6.45, 7) is 5.22. The fourth-order valence-corrected chi connectivity index (χ4v) is 7.85. The van der Waals surface area contributed by atoms with E-state index in [9.17, 15) is 9.79 Å². The van der Waals surface area contributed by atoms with Gasteiger partial charge in [0.15, 0.2) is 4.75 Å². The molecule has 0 aromatic heterocycles. The van der Waals surface area contributed by atoms with Crippen LogP contribution in [0.15, 0.2) is 0 Å². The van der Waals surface area contributed by atoms with Gasteiger partial charge in [-0.2, -0.15) is 0 Å². The van der Waals surface area contributed by atoms with Crippen molar-refractivity contribution in [2.45, 2.75) is 25.5 Å². The van der Waals surface area contributed by atoms with Crippen LogP contribution in [0.1, 0.15) is 20.8 Å². The Hall–Kier alpha value is 1.14. The molecule has 0 radical (unpaired) electrons. The van der Waals surface area contributed by atoms with Gasteiger partial charge >= 0.3 is 12.4 Å². The van der Waals surface area contributed by atoms with E-state index in [1.807, 2.05) is 0 Å². The van der Waals surface area contributed by atoms with Crippen LogP contribution in [0.3, 0.4) is 0 Å². The maximum atomic E-state index is 9.26. The third-order valence-corrected chi connectivity index (χ3v) is 12.4. The van der Waals surface area contributed by atoms with E-state index < -0.39 is 17.1 Å². The predicted octanol–water partition coefficient (Wildman–Crippen LogP) is 0.824. The second-order valence-electron chi connectivity index (χ2n) is 3.23. The Morgan fingerprint density at radius 3 is 1.50 bits per heavy atom. The zero-order chi connectivity index (χ0) is 10.2. The molecule has 0 aromatic rings. The van der Waals surface area contributed by atoms with Crippen LogP contribution in [0.25, 0.3) is 0 Å². The van der Waals surface area contributed by atoms with E-state index in [0.29, 0.717) is 0 Å². The van der Waals surface area contributed by atoms with E-state index in [0.717, 1.165) is 10.9 Å². The van der Waals surface area contributed by atoms with Gasteiger partial charge in [0.2, 0.25) is 10.9 Å². The first kappa shape index (κ1) is 13.1. The Bertz CT molecular complexity index is 257. The minimum atomic E-state index is -3.95. The van der Waals surface area contributed by atoms with Gasteiger partial charge in [-0.3, -0.25) is 0 Å². The molecule has 0 aromatic carbocycles. The zero-order valence-corrected chi connectivity index (χ0v) is 10.4. The molecule has 0 saturated heterocycles. The molecule has 0 aliphatic carbocycles. The Balaban J connectivity index is 5.13. The Labute approximate surface area is 80.5 Å². The molecule has 4 N–H and O–H groups in total. The second-order valence-corrected chi connectivity index (χ2v) is 15.3. The molecule has 0 amide bonds. The Morgan fingerprint density at radius 2 is 1.42 bits per heavy atom. The van der Waals surface area contributed by atoms with Crippen molar-refractivity contribution in [3.05, 3.63) is 0 Å². The summed E-state index contributed by atoms with van der Waals surface area (Å²) in [7, 11) is 0.733. The summed E-state index contributed by atoms with van der Waals surface area (Å²) in [5.74, 6) is 0. The van der Waals surface area contributed by atoms with Crippen molar-refractivity contribution in [1.82, 2.24) is 0 Å². The van der Waals surface area contributed by atoms with Crippen LogP contribution in [0.5, 0.6) is 0 Å². The van der Waals surface area contributed by atoms with Gasteiger partial charge < -0.3 is 19.6 Å². The Kier molecular flexibility index (Phi) is 4.07. The first-order valence-electron chi connectivity index (χ1n) is 3.07. The average Bonchev–Trinajstić information content (AvgIpc) is 1.52. The van der Waals surface area contributed by atoms with Crippen molar-refractivity contribution in [2.75, 3.05) is 0 Å². The molecule has 4 nitrogen and oxygen atoms in total. The number of hydrogen-bond acceptors (Lipinski definition) is 1. The number of rotatable bonds is 1. The molecule has 0 saturated carbocycles. The highest BCUT2D eigenvalue weighted by Crippen LogP contribution is 2.73. The third kappa shape index (κ3) is 4.40.